The molecule has 1 aromatic carbocycles. The Morgan fingerprint density at radius 2 is 2.26 bits per heavy atom. The van der Waals surface area contributed by atoms with Crippen molar-refractivity contribution in [2.75, 3.05) is 13.2 Å². The Bertz CT molecular complexity index is 496. The second-order valence-corrected chi connectivity index (χ2v) is 5.48. The fourth-order valence-electron chi connectivity index (χ4n) is 3.18. The maximum absolute atomic E-state index is 11.3. The summed E-state index contributed by atoms with van der Waals surface area (Å²) in [6.45, 7) is 3.50. The van der Waals surface area contributed by atoms with Gasteiger partial charge in [0.05, 0.1) is 6.61 Å². The third kappa shape index (κ3) is 2.46. The number of nitrogens with one attached hydrogen (secondary N) is 1. The third-order valence-corrected chi connectivity index (χ3v) is 4.29. The molecule has 3 nitrogen and oxygen atoms in total. The van der Waals surface area contributed by atoms with E-state index in [1.54, 1.807) is 0 Å². The molecule has 0 radical (unpaired) electrons. The predicted octanol–water partition coefficient (Wildman–Crippen LogP) is 2.57. The number of ether oxygens (including phenoxy) is 1. The molecule has 102 valence electrons. The van der Waals surface area contributed by atoms with Crippen LogP contribution in [0.2, 0.25) is 0 Å². The lowest BCUT2D eigenvalue weighted by molar-refractivity contribution is -0.120. The van der Waals surface area contributed by atoms with Crippen LogP contribution in [-0.2, 0) is 17.6 Å². The predicted molar refractivity (Wildman–Crippen MR) is 74.6 cm³/mol. The highest BCUT2D eigenvalue weighted by Gasteiger charge is 2.25. The van der Waals surface area contributed by atoms with E-state index < -0.39 is 0 Å². The number of amides is 1. The van der Waals surface area contributed by atoms with Gasteiger partial charge in [0.15, 0.2) is 0 Å². The van der Waals surface area contributed by atoms with E-state index in [1.807, 2.05) is 6.92 Å². The summed E-state index contributed by atoms with van der Waals surface area (Å²) in [5.41, 5.74) is 4.32. The summed E-state index contributed by atoms with van der Waals surface area (Å²) in [6, 6.07) is 4.58. The van der Waals surface area contributed by atoms with Gasteiger partial charge in [0.2, 0.25) is 5.91 Å². The SMILES string of the molecule is CCC(=O)NCCC1CCc2cc3c(cc21)OCC3. The second kappa shape index (κ2) is 5.24. The number of aryl methyl sites for hydroxylation is 1. The largest absolute Gasteiger partial charge is 0.493 e. The Balaban J connectivity index is 1.66. The third-order valence-electron chi connectivity index (χ3n) is 4.29. The van der Waals surface area contributed by atoms with Gasteiger partial charge in [-0.05, 0) is 47.9 Å². The minimum atomic E-state index is 0.149. The molecule has 1 unspecified atom stereocenters. The molecule has 1 aliphatic heterocycles. The summed E-state index contributed by atoms with van der Waals surface area (Å²) in [5, 5.41) is 2.97. The van der Waals surface area contributed by atoms with Crippen LogP contribution in [0.25, 0.3) is 0 Å². The highest BCUT2D eigenvalue weighted by atomic mass is 16.5. The van der Waals surface area contributed by atoms with E-state index in [-0.39, 0.29) is 5.91 Å². The Hall–Kier alpha value is -1.51. The average molecular weight is 259 g/mol. The number of carbonyl (C=O) groups is 1. The van der Waals surface area contributed by atoms with Crippen molar-refractivity contribution in [1.82, 2.24) is 5.32 Å². The molecule has 1 amide bonds. The van der Waals surface area contributed by atoms with Crippen molar-refractivity contribution < 1.29 is 9.53 Å². The van der Waals surface area contributed by atoms with Crippen molar-refractivity contribution in [2.24, 2.45) is 0 Å². The molecule has 3 rings (SSSR count). The molecule has 1 heterocycles. The highest BCUT2D eigenvalue weighted by molar-refractivity contribution is 5.75. The lowest BCUT2D eigenvalue weighted by Gasteiger charge is -2.13. The second-order valence-electron chi connectivity index (χ2n) is 5.48. The van der Waals surface area contributed by atoms with Gasteiger partial charge < -0.3 is 10.1 Å². The number of fused-ring (bicyclic) bond motifs is 2. The van der Waals surface area contributed by atoms with E-state index in [1.165, 1.54) is 29.5 Å². The van der Waals surface area contributed by atoms with Gasteiger partial charge in [-0.15, -0.1) is 0 Å². The van der Waals surface area contributed by atoms with Gasteiger partial charge in [-0.3, -0.25) is 4.79 Å². The summed E-state index contributed by atoms with van der Waals surface area (Å²) in [6.07, 6.45) is 5.05. The molecule has 1 atom stereocenters. The lowest BCUT2D eigenvalue weighted by atomic mass is 9.96. The zero-order chi connectivity index (χ0) is 13.2. The molecule has 0 spiro atoms. The van der Waals surface area contributed by atoms with Crippen molar-refractivity contribution in [1.29, 1.82) is 0 Å². The van der Waals surface area contributed by atoms with Crippen LogP contribution in [0.15, 0.2) is 12.1 Å². The number of carbonyl (C=O) groups excluding carboxylic acids is 1. The van der Waals surface area contributed by atoms with Crippen LogP contribution >= 0.6 is 0 Å². The maximum Gasteiger partial charge on any atom is 0.219 e. The molecule has 0 fully saturated rings. The normalized spacial score (nSPS) is 19.7. The van der Waals surface area contributed by atoms with Crippen LogP contribution in [-0.4, -0.2) is 19.1 Å². The van der Waals surface area contributed by atoms with E-state index in [2.05, 4.69) is 17.4 Å². The standard InChI is InChI=1S/C16H21NO2/c1-2-16(18)17-7-5-11-3-4-12-9-13-6-8-19-15(13)10-14(11)12/h9-11H,2-8H2,1H3,(H,17,18). The molecule has 0 saturated carbocycles. The minimum Gasteiger partial charge on any atom is -0.493 e. The van der Waals surface area contributed by atoms with Crippen molar-refractivity contribution in [3.8, 4) is 5.75 Å². The summed E-state index contributed by atoms with van der Waals surface area (Å²) in [4.78, 5) is 11.3. The van der Waals surface area contributed by atoms with Crippen LogP contribution in [0.3, 0.4) is 0 Å². The van der Waals surface area contributed by atoms with Crippen molar-refractivity contribution in [3.63, 3.8) is 0 Å². The van der Waals surface area contributed by atoms with Gasteiger partial charge in [0.25, 0.3) is 0 Å². The van der Waals surface area contributed by atoms with E-state index in [0.717, 1.165) is 31.7 Å². The fraction of sp³-hybridized carbons (Fsp3) is 0.562. The number of hydrogen-bond acceptors (Lipinski definition) is 2. The zero-order valence-corrected chi connectivity index (χ0v) is 11.5. The Morgan fingerprint density at radius 3 is 3.11 bits per heavy atom. The molecule has 0 saturated heterocycles. The first-order valence-electron chi connectivity index (χ1n) is 7.33. The minimum absolute atomic E-state index is 0.149. The van der Waals surface area contributed by atoms with E-state index >= 15 is 0 Å². The number of benzene rings is 1. The number of rotatable bonds is 4. The Labute approximate surface area is 114 Å². The first kappa shape index (κ1) is 12.5. The van der Waals surface area contributed by atoms with Gasteiger partial charge in [-0.25, -0.2) is 0 Å². The van der Waals surface area contributed by atoms with Gasteiger partial charge in [0, 0.05) is 19.4 Å². The van der Waals surface area contributed by atoms with Crippen LogP contribution < -0.4 is 10.1 Å². The van der Waals surface area contributed by atoms with Crippen LogP contribution in [0, 0.1) is 0 Å². The first-order valence-corrected chi connectivity index (χ1v) is 7.33. The molecular formula is C16H21NO2. The monoisotopic (exact) mass is 259 g/mol. The molecule has 0 aromatic heterocycles. The van der Waals surface area contributed by atoms with Crippen LogP contribution in [0.5, 0.6) is 5.75 Å². The summed E-state index contributed by atoms with van der Waals surface area (Å²) < 4.78 is 5.66. The molecule has 3 heteroatoms. The molecule has 1 aromatic rings. The Kier molecular flexibility index (Phi) is 3.45. The van der Waals surface area contributed by atoms with Gasteiger partial charge in [-0.2, -0.15) is 0 Å². The quantitative estimate of drug-likeness (QED) is 0.902. The van der Waals surface area contributed by atoms with Crippen molar-refractivity contribution >= 4 is 5.91 Å². The van der Waals surface area contributed by atoms with E-state index in [9.17, 15) is 4.79 Å². The number of hydrogen-bond donors (Lipinski definition) is 1. The van der Waals surface area contributed by atoms with Crippen LogP contribution in [0.1, 0.15) is 48.8 Å². The summed E-state index contributed by atoms with van der Waals surface area (Å²) in [5.74, 6) is 1.82. The molecule has 1 N–H and O–H groups in total. The molecule has 1 aliphatic carbocycles. The van der Waals surface area contributed by atoms with Crippen molar-refractivity contribution in [2.45, 2.75) is 44.9 Å². The molecular weight excluding hydrogens is 238 g/mol. The summed E-state index contributed by atoms with van der Waals surface area (Å²) >= 11 is 0. The average Bonchev–Trinajstić information content (AvgIpc) is 3.02. The van der Waals surface area contributed by atoms with Gasteiger partial charge in [0.1, 0.15) is 5.75 Å². The molecule has 19 heavy (non-hydrogen) atoms. The van der Waals surface area contributed by atoms with E-state index in [4.69, 9.17) is 4.74 Å². The van der Waals surface area contributed by atoms with Gasteiger partial charge in [-0.1, -0.05) is 13.0 Å². The highest BCUT2D eigenvalue weighted by Crippen LogP contribution is 2.40. The Morgan fingerprint density at radius 1 is 1.37 bits per heavy atom. The fourth-order valence-corrected chi connectivity index (χ4v) is 3.18. The topological polar surface area (TPSA) is 38.3 Å². The summed E-state index contributed by atoms with van der Waals surface area (Å²) in [7, 11) is 0. The molecule has 2 aliphatic rings. The van der Waals surface area contributed by atoms with E-state index in [0.29, 0.717) is 12.3 Å². The van der Waals surface area contributed by atoms with Crippen molar-refractivity contribution in [3.05, 3.63) is 28.8 Å². The zero-order valence-electron chi connectivity index (χ0n) is 11.5. The smallest absolute Gasteiger partial charge is 0.219 e. The maximum atomic E-state index is 11.3. The lowest BCUT2D eigenvalue weighted by Crippen LogP contribution is -2.24. The van der Waals surface area contributed by atoms with Crippen LogP contribution in [0.4, 0.5) is 0 Å². The molecule has 0 bridgehead atoms. The first-order chi connectivity index (χ1) is 9.28. The van der Waals surface area contributed by atoms with Gasteiger partial charge >= 0.3 is 0 Å².